The van der Waals surface area contributed by atoms with Crippen molar-refractivity contribution in [2.75, 3.05) is 7.11 Å². The van der Waals surface area contributed by atoms with Crippen molar-refractivity contribution in [1.29, 1.82) is 0 Å². The molecule has 3 nitrogen and oxygen atoms in total. The molecule has 5 heteroatoms. The summed E-state index contributed by atoms with van der Waals surface area (Å²) in [4.78, 5) is 15.5. The van der Waals surface area contributed by atoms with Gasteiger partial charge in [-0.05, 0) is 59.5 Å². The molecule has 2 heterocycles. The Kier molecular flexibility index (Phi) is 4.71. The summed E-state index contributed by atoms with van der Waals surface area (Å²) in [5, 5.41) is 3.67. The molecule has 28 heavy (non-hydrogen) atoms. The van der Waals surface area contributed by atoms with Crippen molar-refractivity contribution in [2.24, 2.45) is 0 Å². The van der Waals surface area contributed by atoms with E-state index in [4.69, 9.17) is 4.74 Å². The first-order valence-electron chi connectivity index (χ1n) is 9.36. The van der Waals surface area contributed by atoms with Crippen LogP contribution in [0.1, 0.15) is 37.3 Å². The fourth-order valence-electron chi connectivity index (χ4n) is 3.82. The second-order valence-electron chi connectivity index (χ2n) is 7.18. The third kappa shape index (κ3) is 2.81. The second-order valence-corrected chi connectivity index (χ2v) is 8.10. The first-order chi connectivity index (χ1) is 13.5. The van der Waals surface area contributed by atoms with Crippen LogP contribution in [-0.2, 0) is 0 Å². The van der Waals surface area contributed by atoms with Gasteiger partial charge in [-0.3, -0.25) is 4.79 Å². The highest BCUT2D eigenvalue weighted by molar-refractivity contribution is 7.17. The fourth-order valence-corrected chi connectivity index (χ4v) is 4.61. The number of aryl methyl sites for hydroxylation is 1. The highest BCUT2D eigenvalue weighted by Crippen LogP contribution is 2.42. The standard InChI is InChI=1S/C23H22FNO2S/c1-5-12(2)15-7-6-14(11-17(15)24)19-18(27-4)10-13(3)21-20(19)16-8-9-28-22(16)23(26)25-21/h6-12H,5H2,1-4H3,(H,25,26). The quantitative estimate of drug-likeness (QED) is 0.436. The lowest BCUT2D eigenvalue weighted by molar-refractivity contribution is 0.416. The number of aromatic amines is 1. The average molecular weight is 395 g/mol. The summed E-state index contributed by atoms with van der Waals surface area (Å²) < 4.78 is 21.2. The molecule has 0 bridgehead atoms. The molecule has 1 unspecified atom stereocenters. The zero-order valence-electron chi connectivity index (χ0n) is 16.4. The highest BCUT2D eigenvalue weighted by atomic mass is 32.1. The maximum absolute atomic E-state index is 14.9. The molecule has 0 amide bonds. The Morgan fingerprint density at radius 3 is 2.71 bits per heavy atom. The largest absolute Gasteiger partial charge is 0.496 e. The van der Waals surface area contributed by atoms with E-state index in [-0.39, 0.29) is 17.3 Å². The lowest BCUT2D eigenvalue weighted by Crippen LogP contribution is -2.06. The second kappa shape index (κ2) is 7.06. The van der Waals surface area contributed by atoms with Crippen LogP contribution in [0.4, 0.5) is 4.39 Å². The molecule has 1 atom stereocenters. The van der Waals surface area contributed by atoms with Gasteiger partial charge in [0.15, 0.2) is 0 Å². The summed E-state index contributed by atoms with van der Waals surface area (Å²) >= 11 is 1.41. The molecule has 0 spiro atoms. The van der Waals surface area contributed by atoms with Gasteiger partial charge in [-0.2, -0.15) is 0 Å². The summed E-state index contributed by atoms with van der Waals surface area (Å²) in [6.07, 6.45) is 0.879. The van der Waals surface area contributed by atoms with Crippen LogP contribution in [0.3, 0.4) is 0 Å². The number of aromatic nitrogens is 1. The molecule has 0 saturated carbocycles. The molecule has 4 aromatic rings. The van der Waals surface area contributed by atoms with Crippen molar-refractivity contribution in [3.05, 3.63) is 63.0 Å². The number of hydrogen-bond donors (Lipinski definition) is 1. The van der Waals surface area contributed by atoms with Gasteiger partial charge in [0.05, 0.1) is 12.6 Å². The van der Waals surface area contributed by atoms with Gasteiger partial charge < -0.3 is 9.72 Å². The van der Waals surface area contributed by atoms with Crippen molar-refractivity contribution in [1.82, 2.24) is 4.98 Å². The molecule has 144 valence electrons. The van der Waals surface area contributed by atoms with Crippen molar-refractivity contribution in [3.63, 3.8) is 0 Å². The number of H-pyrrole nitrogens is 1. The van der Waals surface area contributed by atoms with E-state index in [0.29, 0.717) is 10.4 Å². The molecule has 1 N–H and O–H groups in total. The van der Waals surface area contributed by atoms with Crippen molar-refractivity contribution in [3.8, 4) is 16.9 Å². The number of fused-ring (bicyclic) bond motifs is 3. The van der Waals surface area contributed by atoms with E-state index in [2.05, 4.69) is 11.9 Å². The van der Waals surface area contributed by atoms with Gasteiger partial charge in [0.2, 0.25) is 0 Å². The van der Waals surface area contributed by atoms with Crippen LogP contribution in [0.15, 0.2) is 40.5 Å². The minimum atomic E-state index is -0.214. The number of halogens is 1. The molecular weight excluding hydrogens is 373 g/mol. The minimum absolute atomic E-state index is 0.102. The molecule has 2 aromatic carbocycles. The van der Waals surface area contributed by atoms with Crippen LogP contribution in [0.25, 0.3) is 32.1 Å². The van der Waals surface area contributed by atoms with E-state index in [1.165, 1.54) is 11.3 Å². The molecule has 0 radical (unpaired) electrons. The Labute approximate surface area is 166 Å². The van der Waals surface area contributed by atoms with E-state index >= 15 is 0 Å². The van der Waals surface area contributed by atoms with Crippen LogP contribution in [-0.4, -0.2) is 12.1 Å². The third-order valence-corrected chi connectivity index (χ3v) is 6.43. The maximum atomic E-state index is 14.9. The zero-order chi connectivity index (χ0) is 20.0. The van der Waals surface area contributed by atoms with Gasteiger partial charge in [-0.1, -0.05) is 26.0 Å². The summed E-state index contributed by atoms with van der Waals surface area (Å²) in [6, 6.07) is 9.23. The smallest absolute Gasteiger partial charge is 0.266 e. The molecule has 0 fully saturated rings. The van der Waals surface area contributed by atoms with E-state index in [1.807, 2.05) is 43.5 Å². The molecular formula is C23H22FNO2S. The molecule has 0 aliphatic carbocycles. The van der Waals surface area contributed by atoms with Crippen LogP contribution in [0.2, 0.25) is 0 Å². The highest BCUT2D eigenvalue weighted by Gasteiger charge is 2.19. The number of hydrogen-bond acceptors (Lipinski definition) is 3. The molecule has 0 saturated heterocycles. The third-order valence-electron chi connectivity index (χ3n) is 5.52. The average Bonchev–Trinajstić information content (AvgIpc) is 3.18. The Morgan fingerprint density at radius 1 is 1.25 bits per heavy atom. The van der Waals surface area contributed by atoms with E-state index in [9.17, 15) is 9.18 Å². The predicted octanol–water partition coefficient (Wildman–Crippen LogP) is 6.38. The first-order valence-corrected chi connectivity index (χ1v) is 10.2. The summed E-state index contributed by atoms with van der Waals surface area (Å²) in [5.41, 5.74) is 3.84. The topological polar surface area (TPSA) is 42.1 Å². The molecule has 4 rings (SSSR count). The Hall–Kier alpha value is -2.66. The van der Waals surface area contributed by atoms with Crippen LogP contribution in [0, 0.1) is 12.7 Å². The molecule has 2 aromatic heterocycles. The summed E-state index contributed by atoms with van der Waals surface area (Å²) in [7, 11) is 1.62. The fraction of sp³-hybridized carbons (Fsp3) is 0.261. The van der Waals surface area contributed by atoms with Gasteiger partial charge in [-0.15, -0.1) is 11.3 Å². The van der Waals surface area contributed by atoms with Crippen molar-refractivity contribution < 1.29 is 9.13 Å². The number of benzene rings is 2. The number of thiophene rings is 1. The SMILES string of the molecule is CCC(C)c1ccc(-c2c(OC)cc(C)c3[nH]c(=O)c4sccc4c23)cc1F. The number of nitrogens with one attached hydrogen (secondary N) is 1. The van der Waals surface area contributed by atoms with Gasteiger partial charge in [0, 0.05) is 16.3 Å². The molecule has 0 aliphatic rings. The minimum Gasteiger partial charge on any atom is -0.496 e. The Morgan fingerprint density at radius 2 is 2.04 bits per heavy atom. The van der Waals surface area contributed by atoms with Crippen LogP contribution in [0.5, 0.6) is 5.75 Å². The first kappa shape index (κ1) is 18.7. The van der Waals surface area contributed by atoms with Crippen LogP contribution < -0.4 is 10.3 Å². The van der Waals surface area contributed by atoms with Crippen molar-refractivity contribution >= 4 is 32.3 Å². The lowest BCUT2D eigenvalue weighted by Gasteiger charge is -2.17. The molecule has 0 aliphatic heterocycles. The van der Waals surface area contributed by atoms with Gasteiger partial charge >= 0.3 is 0 Å². The van der Waals surface area contributed by atoms with E-state index in [1.54, 1.807) is 13.2 Å². The van der Waals surface area contributed by atoms with Gasteiger partial charge in [0.1, 0.15) is 16.3 Å². The van der Waals surface area contributed by atoms with E-state index in [0.717, 1.165) is 45.0 Å². The Bertz CT molecular complexity index is 1260. The normalized spacial score (nSPS) is 12.6. The van der Waals surface area contributed by atoms with Crippen LogP contribution >= 0.6 is 11.3 Å². The number of methoxy groups -OCH3 is 1. The number of rotatable bonds is 4. The van der Waals surface area contributed by atoms with Gasteiger partial charge in [0.25, 0.3) is 5.56 Å². The number of ether oxygens (including phenoxy) is 1. The summed E-state index contributed by atoms with van der Waals surface area (Å²) in [6.45, 7) is 6.02. The zero-order valence-corrected chi connectivity index (χ0v) is 17.2. The van der Waals surface area contributed by atoms with Gasteiger partial charge in [-0.25, -0.2) is 4.39 Å². The maximum Gasteiger partial charge on any atom is 0.266 e. The Balaban J connectivity index is 2.12. The monoisotopic (exact) mass is 395 g/mol. The van der Waals surface area contributed by atoms with E-state index < -0.39 is 0 Å². The van der Waals surface area contributed by atoms with Crippen molar-refractivity contribution in [2.45, 2.75) is 33.1 Å². The predicted molar refractivity (Wildman–Crippen MR) is 115 cm³/mol. The lowest BCUT2D eigenvalue weighted by atomic mass is 9.92. The number of pyridine rings is 1. The summed E-state index contributed by atoms with van der Waals surface area (Å²) in [5.74, 6) is 0.611.